The van der Waals surface area contributed by atoms with Gasteiger partial charge in [-0.25, -0.2) is 0 Å². The molecule has 0 radical (unpaired) electrons. The number of nitrogens with zero attached hydrogens (tertiary/aromatic N) is 3. The molecule has 2 aliphatic rings. The highest BCUT2D eigenvalue weighted by Crippen LogP contribution is 2.30. The summed E-state index contributed by atoms with van der Waals surface area (Å²) in [5.74, 6) is -0.103. The molecule has 0 aliphatic carbocycles. The van der Waals surface area contributed by atoms with E-state index in [0.29, 0.717) is 36.4 Å². The van der Waals surface area contributed by atoms with Crippen molar-refractivity contribution in [2.24, 2.45) is 0 Å². The van der Waals surface area contributed by atoms with Crippen molar-refractivity contribution in [2.75, 3.05) is 39.4 Å². The van der Waals surface area contributed by atoms with Crippen molar-refractivity contribution in [1.29, 1.82) is 0 Å². The average Bonchev–Trinajstić information content (AvgIpc) is 3.50. The van der Waals surface area contributed by atoms with Gasteiger partial charge in [0.15, 0.2) is 0 Å². The van der Waals surface area contributed by atoms with E-state index >= 15 is 0 Å². The zero-order chi connectivity index (χ0) is 22.6. The third-order valence-electron chi connectivity index (χ3n) is 6.69. The Bertz CT molecular complexity index is 1090. The average molecular weight is 468 g/mol. The number of pyridine rings is 1. The fourth-order valence-corrected chi connectivity index (χ4v) is 5.26. The van der Waals surface area contributed by atoms with Crippen molar-refractivity contribution < 1.29 is 9.53 Å². The number of fused-ring (bicyclic) bond motifs is 1. The second-order valence-corrected chi connectivity index (χ2v) is 9.19. The summed E-state index contributed by atoms with van der Waals surface area (Å²) in [6.07, 6.45) is 7.95. The fourth-order valence-electron chi connectivity index (χ4n) is 4.99. The number of hydrogen-bond acceptors (Lipinski definition) is 5. The topological polar surface area (TPSA) is 71.4 Å². The van der Waals surface area contributed by atoms with Gasteiger partial charge in [0.25, 0.3) is 5.91 Å². The maximum atomic E-state index is 13.4. The van der Waals surface area contributed by atoms with Gasteiger partial charge in [0.05, 0.1) is 35.4 Å². The normalized spacial score (nSPS) is 20.2. The van der Waals surface area contributed by atoms with Crippen LogP contribution in [-0.2, 0) is 11.3 Å². The van der Waals surface area contributed by atoms with E-state index in [9.17, 15) is 4.79 Å². The quantitative estimate of drug-likeness (QED) is 0.558. The van der Waals surface area contributed by atoms with Gasteiger partial charge >= 0.3 is 0 Å². The van der Waals surface area contributed by atoms with Crippen LogP contribution in [0.2, 0.25) is 5.02 Å². The van der Waals surface area contributed by atoms with Gasteiger partial charge in [0.2, 0.25) is 0 Å². The van der Waals surface area contributed by atoms with E-state index in [1.807, 2.05) is 36.7 Å². The standard InChI is InChI=1S/C25H30ClN5O2/c26-21-6-1-7-22-24(21)20(17-31(22)16-19-5-3-9-28-19)25(32)29-15-23(18-4-2-8-27-14-18)30-10-12-33-13-11-30/h1-2,4,6-8,14,17,19,23,28H,3,5,9-13,15-16H2,(H,29,32)/t19-,23?/m1/s1. The van der Waals surface area contributed by atoms with Crippen molar-refractivity contribution in [2.45, 2.75) is 31.5 Å². The lowest BCUT2D eigenvalue weighted by atomic mass is 10.1. The minimum atomic E-state index is -0.103. The van der Waals surface area contributed by atoms with Crippen LogP contribution in [0.15, 0.2) is 48.9 Å². The third kappa shape index (κ3) is 4.92. The lowest BCUT2D eigenvalue weighted by Gasteiger charge is -2.34. The van der Waals surface area contributed by atoms with Crippen molar-refractivity contribution in [1.82, 2.24) is 25.1 Å². The van der Waals surface area contributed by atoms with Crippen LogP contribution in [0.1, 0.15) is 34.8 Å². The van der Waals surface area contributed by atoms with E-state index < -0.39 is 0 Å². The van der Waals surface area contributed by atoms with Gasteiger partial charge in [-0.3, -0.25) is 14.7 Å². The number of halogens is 1. The van der Waals surface area contributed by atoms with E-state index in [0.717, 1.165) is 49.1 Å². The molecular weight excluding hydrogens is 438 g/mol. The molecule has 8 heteroatoms. The van der Waals surface area contributed by atoms with Crippen LogP contribution < -0.4 is 10.6 Å². The number of hydrogen-bond donors (Lipinski definition) is 2. The Hall–Kier alpha value is -2.45. The van der Waals surface area contributed by atoms with Gasteiger partial charge in [-0.15, -0.1) is 0 Å². The SMILES string of the molecule is O=C(NCC(c1cccnc1)N1CCOCC1)c1cn(C[C@H]2CCCN2)c2cccc(Cl)c12. The third-order valence-corrected chi connectivity index (χ3v) is 7.01. The second kappa shape index (κ2) is 10.2. The Kier molecular flexibility index (Phi) is 6.92. The number of aromatic nitrogens is 2. The number of ether oxygens (including phenoxy) is 1. The highest BCUT2D eigenvalue weighted by atomic mass is 35.5. The van der Waals surface area contributed by atoms with Gasteiger partial charge in [-0.1, -0.05) is 23.7 Å². The number of benzene rings is 1. The number of carbonyl (C=O) groups excluding carboxylic acids is 1. The molecule has 174 valence electrons. The summed E-state index contributed by atoms with van der Waals surface area (Å²) in [4.78, 5) is 20.1. The Morgan fingerprint density at radius 3 is 2.91 bits per heavy atom. The first kappa shape index (κ1) is 22.3. The lowest BCUT2D eigenvalue weighted by Crippen LogP contribution is -2.43. The highest BCUT2D eigenvalue weighted by Gasteiger charge is 2.25. The second-order valence-electron chi connectivity index (χ2n) is 8.78. The smallest absolute Gasteiger partial charge is 0.253 e. The van der Waals surface area contributed by atoms with E-state index in [4.69, 9.17) is 16.3 Å². The molecule has 33 heavy (non-hydrogen) atoms. The molecule has 2 atom stereocenters. The van der Waals surface area contributed by atoms with Crippen molar-refractivity contribution in [3.8, 4) is 0 Å². The molecule has 7 nitrogen and oxygen atoms in total. The molecule has 0 bridgehead atoms. The van der Waals surface area contributed by atoms with Crippen LogP contribution >= 0.6 is 11.6 Å². The number of carbonyl (C=O) groups is 1. The van der Waals surface area contributed by atoms with Gasteiger partial charge in [-0.2, -0.15) is 0 Å². The summed E-state index contributed by atoms with van der Waals surface area (Å²) < 4.78 is 7.70. The molecule has 2 fully saturated rings. The Labute approximate surface area is 199 Å². The van der Waals surface area contributed by atoms with Crippen LogP contribution in [0.4, 0.5) is 0 Å². The van der Waals surface area contributed by atoms with Gasteiger partial charge in [-0.05, 0) is 43.1 Å². The van der Waals surface area contributed by atoms with Gasteiger partial charge < -0.3 is 19.9 Å². The molecule has 2 N–H and O–H groups in total. The summed E-state index contributed by atoms with van der Waals surface area (Å²) in [5.41, 5.74) is 2.71. The molecule has 2 aromatic heterocycles. The number of rotatable bonds is 7. The van der Waals surface area contributed by atoms with Crippen LogP contribution in [-0.4, -0.2) is 65.8 Å². The van der Waals surface area contributed by atoms with Crippen LogP contribution in [0.25, 0.3) is 10.9 Å². The Morgan fingerprint density at radius 1 is 1.27 bits per heavy atom. The molecule has 0 saturated carbocycles. The van der Waals surface area contributed by atoms with Crippen LogP contribution in [0.5, 0.6) is 0 Å². The highest BCUT2D eigenvalue weighted by molar-refractivity contribution is 6.36. The summed E-state index contributed by atoms with van der Waals surface area (Å²) in [5, 5.41) is 8.15. The molecule has 1 amide bonds. The molecular formula is C25H30ClN5O2. The molecule has 4 heterocycles. The van der Waals surface area contributed by atoms with E-state index in [1.165, 1.54) is 6.42 Å². The maximum Gasteiger partial charge on any atom is 0.253 e. The Balaban J connectivity index is 1.38. The minimum Gasteiger partial charge on any atom is -0.379 e. The molecule has 1 aromatic carbocycles. The first-order valence-corrected chi connectivity index (χ1v) is 12.1. The zero-order valence-corrected chi connectivity index (χ0v) is 19.4. The van der Waals surface area contributed by atoms with Gasteiger partial charge in [0, 0.05) is 56.2 Å². The van der Waals surface area contributed by atoms with E-state index in [-0.39, 0.29) is 11.9 Å². The predicted octanol–water partition coefficient (Wildman–Crippen LogP) is 3.25. The lowest BCUT2D eigenvalue weighted by molar-refractivity contribution is 0.0161. The minimum absolute atomic E-state index is 0.0399. The summed E-state index contributed by atoms with van der Waals surface area (Å²) in [6, 6.07) is 10.3. The molecule has 1 unspecified atom stereocenters. The molecule has 2 saturated heterocycles. The first-order valence-electron chi connectivity index (χ1n) is 11.7. The fraction of sp³-hybridized carbons (Fsp3) is 0.440. The number of morpholine rings is 1. The monoisotopic (exact) mass is 467 g/mol. The molecule has 0 spiro atoms. The number of amides is 1. The summed E-state index contributed by atoms with van der Waals surface area (Å²) in [6.45, 7) is 5.42. The zero-order valence-electron chi connectivity index (χ0n) is 18.7. The van der Waals surface area contributed by atoms with Gasteiger partial charge in [0.1, 0.15) is 0 Å². The Morgan fingerprint density at radius 2 is 2.15 bits per heavy atom. The van der Waals surface area contributed by atoms with E-state index in [2.05, 4.69) is 31.2 Å². The molecule has 2 aliphatic heterocycles. The molecule has 3 aromatic rings. The molecule has 5 rings (SSSR count). The number of nitrogens with one attached hydrogen (secondary N) is 2. The summed E-state index contributed by atoms with van der Waals surface area (Å²) in [7, 11) is 0. The first-order chi connectivity index (χ1) is 16.2. The van der Waals surface area contributed by atoms with Crippen molar-refractivity contribution in [3.63, 3.8) is 0 Å². The maximum absolute atomic E-state index is 13.4. The predicted molar refractivity (Wildman–Crippen MR) is 130 cm³/mol. The van der Waals surface area contributed by atoms with Crippen molar-refractivity contribution >= 4 is 28.4 Å². The van der Waals surface area contributed by atoms with Crippen molar-refractivity contribution in [3.05, 3.63) is 65.1 Å². The largest absolute Gasteiger partial charge is 0.379 e. The van der Waals surface area contributed by atoms with E-state index in [1.54, 1.807) is 6.20 Å². The van der Waals surface area contributed by atoms with Crippen LogP contribution in [0.3, 0.4) is 0 Å². The summed E-state index contributed by atoms with van der Waals surface area (Å²) >= 11 is 6.58. The van der Waals surface area contributed by atoms with Crippen LogP contribution in [0, 0.1) is 0 Å².